The van der Waals surface area contributed by atoms with Gasteiger partial charge in [0.25, 0.3) is 5.22 Å². The van der Waals surface area contributed by atoms with E-state index in [1.54, 1.807) is 0 Å². The third-order valence-corrected chi connectivity index (χ3v) is 4.02. The average Bonchev–Trinajstić information content (AvgIpc) is 2.89. The van der Waals surface area contributed by atoms with Crippen LogP contribution in [0.2, 0.25) is 5.28 Å². The van der Waals surface area contributed by atoms with Gasteiger partial charge in [-0.05, 0) is 41.6 Å². The lowest BCUT2D eigenvalue weighted by molar-refractivity contribution is 0.489. The fraction of sp³-hybridized carbons (Fsp3) is 0. The Labute approximate surface area is 129 Å². The van der Waals surface area contributed by atoms with Gasteiger partial charge in [0, 0.05) is 5.39 Å². The lowest BCUT2D eigenvalue weighted by atomic mass is 10.2. The molecule has 0 radical (unpaired) electrons. The number of aromatic nitrogens is 3. The Morgan fingerprint density at radius 3 is 2.48 bits per heavy atom. The molecule has 6 heteroatoms. The van der Waals surface area contributed by atoms with E-state index < -0.39 is 0 Å². The number of para-hydroxylation sites is 3. The molecule has 0 fully saturated rings. The minimum Gasteiger partial charge on any atom is -0.431 e. The summed E-state index contributed by atoms with van der Waals surface area (Å²) < 4.78 is 5.71. The van der Waals surface area contributed by atoms with Gasteiger partial charge in [0.15, 0.2) is 5.58 Å². The van der Waals surface area contributed by atoms with Crippen molar-refractivity contribution in [3.63, 3.8) is 0 Å². The van der Waals surface area contributed by atoms with E-state index in [1.165, 1.54) is 11.8 Å². The fourth-order valence-corrected chi connectivity index (χ4v) is 3.16. The van der Waals surface area contributed by atoms with Crippen molar-refractivity contribution in [1.29, 1.82) is 0 Å². The number of hydrogen-bond acceptors (Lipinski definition) is 5. The van der Waals surface area contributed by atoms with Gasteiger partial charge in [-0.25, -0.2) is 15.0 Å². The molecule has 0 aliphatic carbocycles. The molecule has 4 nitrogen and oxygen atoms in total. The maximum atomic E-state index is 5.98. The normalized spacial score (nSPS) is 11.3. The molecular formula is C15H8ClN3OS. The first-order valence-electron chi connectivity index (χ1n) is 6.25. The SMILES string of the molecule is Clc1nc(Sc2nc3ccccc3o2)c2ccccc2n1. The molecule has 102 valence electrons. The summed E-state index contributed by atoms with van der Waals surface area (Å²) in [7, 11) is 0. The van der Waals surface area contributed by atoms with Crippen LogP contribution in [0.4, 0.5) is 0 Å². The molecule has 4 rings (SSSR count). The molecule has 4 aromatic rings. The average molecular weight is 314 g/mol. The van der Waals surface area contributed by atoms with Crippen LogP contribution in [0.1, 0.15) is 0 Å². The molecule has 0 bridgehead atoms. The van der Waals surface area contributed by atoms with Crippen LogP contribution >= 0.6 is 23.4 Å². The largest absolute Gasteiger partial charge is 0.431 e. The van der Waals surface area contributed by atoms with Crippen LogP contribution in [0, 0.1) is 0 Å². The number of benzene rings is 2. The van der Waals surface area contributed by atoms with E-state index in [4.69, 9.17) is 16.0 Å². The van der Waals surface area contributed by atoms with Gasteiger partial charge in [-0.15, -0.1) is 0 Å². The predicted octanol–water partition coefficient (Wildman–Crippen LogP) is 4.58. The molecule has 0 unspecified atom stereocenters. The number of fused-ring (bicyclic) bond motifs is 2. The van der Waals surface area contributed by atoms with Crippen LogP contribution in [0.25, 0.3) is 22.0 Å². The zero-order valence-electron chi connectivity index (χ0n) is 10.7. The summed E-state index contributed by atoms with van der Waals surface area (Å²) in [6.07, 6.45) is 0. The highest BCUT2D eigenvalue weighted by molar-refractivity contribution is 7.99. The molecule has 21 heavy (non-hydrogen) atoms. The van der Waals surface area contributed by atoms with Crippen LogP contribution in [0.5, 0.6) is 0 Å². The second kappa shape index (κ2) is 5.02. The molecule has 2 heterocycles. The van der Waals surface area contributed by atoms with E-state index in [0.717, 1.165) is 27.0 Å². The topological polar surface area (TPSA) is 51.8 Å². The summed E-state index contributed by atoms with van der Waals surface area (Å²) in [5, 5.41) is 2.41. The molecule has 0 aliphatic heterocycles. The van der Waals surface area contributed by atoms with Gasteiger partial charge in [-0.1, -0.05) is 30.3 Å². The maximum absolute atomic E-state index is 5.98. The second-order valence-corrected chi connectivity index (χ2v) is 5.64. The first-order chi connectivity index (χ1) is 10.3. The van der Waals surface area contributed by atoms with E-state index in [0.29, 0.717) is 5.22 Å². The Balaban J connectivity index is 1.83. The molecule has 0 saturated carbocycles. The van der Waals surface area contributed by atoms with Crippen molar-refractivity contribution < 1.29 is 4.42 Å². The lowest BCUT2D eigenvalue weighted by Crippen LogP contribution is -1.89. The summed E-state index contributed by atoms with van der Waals surface area (Å²) in [5.74, 6) is 0. The first kappa shape index (κ1) is 12.6. The Bertz CT molecular complexity index is 921. The number of halogens is 1. The van der Waals surface area contributed by atoms with Crippen LogP contribution in [-0.4, -0.2) is 15.0 Å². The van der Waals surface area contributed by atoms with E-state index in [-0.39, 0.29) is 5.28 Å². The zero-order chi connectivity index (χ0) is 14.2. The molecule has 0 N–H and O–H groups in total. The van der Waals surface area contributed by atoms with Crippen molar-refractivity contribution in [2.45, 2.75) is 10.2 Å². The first-order valence-corrected chi connectivity index (χ1v) is 7.45. The van der Waals surface area contributed by atoms with Crippen LogP contribution in [0.15, 0.2) is 63.2 Å². The maximum Gasteiger partial charge on any atom is 0.263 e. The number of hydrogen-bond donors (Lipinski definition) is 0. The fourth-order valence-electron chi connectivity index (χ4n) is 2.08. The predicted molar refractivity (Wildman–Crippen MR) is 82.7 cm³/mol. The summed E-state index contributed by atoms with van der Waals surface area (Å²) in [5.41, 5.74) is 2.38. The number of nitrogens with zero attached hydrogens (tertiary/aromatic N) is 3. The standard InChI is InChI=1S/C15H8ClN3OS/c16-14-17-10-6-2-1-5-9(10)13(19-14)21-15-18-11-7-3-4-8-12(11)20-15/h1-8H. The van der Waals surface area contributed by atoms with E-state index in [9.17, 15) is 0 Å². The third-order valence-electron chi connectivity index (χ3n) is 3.00. The minimum absolute atomic E-state index is 0.215. The highest BCUT2D eigenvalue weighted by Crippen LogP contribution is 2.33. The Kier molecular flexibility index (Phi) is 3.02. The zero-order valence-corrected chi connectivity index (χ0v) is 12.2. The summed E-state index contributed by atoms with van der Waals surface area (Å²) >= 11 is 7.33. The lowest BCUT2D eigenvalue weighted by Gasteiger charge is -2.02. The Morgan fingerprint density at radius 1 is 0.857 bits per heavy atom. The van der Waals surface area contributed by atoms with E-state index >= 15 is 0 Å². The third kappa shape index (κ3) is 2.34. The number of rotatable bonds is 2. The quantitative estimate of drug-likeness (QED) is 0.400. The van der Waals surface area contributed by atoms with E-state index in [2.05, 4.69) is 15.0 Å². The molecule has 2 aromatic heterocycles. The molecule has 0 saturated heterocycles. The molecule has 2 aromatic carbocycles. The highest BCUT2D eigenvalue weighted by Gasteiger charge is 2.12. The van der Waals surface area contributed by atoms with Crippen molar-refractivity contribution in [1.82, 2.24) is 15.0 Å². The van der Waals surface area contributed by atoms with Gasteiger partial charge < -0.3 is 4.42 Å². The monoisotopic (exact) mass is 313 g/mol. The van der Waals surface area contributed by atoms with Crippen LogP contribution in [0.3, 0.4) is 0 Å². The van der Waals surface area contributed by atoms with Gasteiger partial charge in [0.05, 0.1) is 5.52 Å². The van der Waals surface area contributed by atoms with Crippen LogP contribution < -0.4 is 0 Å². The smallest absolute Gasteiger partial charge is 0.263 e. The summed E-state index contributed by atoms with van der Waals surface area (Å²) in [6.45, 7) is 0. The second-order valence-electron chi connectivity index (χ2n) is 4.36. The highest BCUT2D eigenvalue weighted by atomic mass is 35.5. The van der Waals surface area contributed by atoms with Crippen molar-refractivity contribution in [2.75, 3.05) is 0 Å². The Morgan fingerprint density at radius 2 is 1.62 bits per heavy atom. The van der Waals surface area contributed by atoms with Gasteiger partial charge in [0.1, 0.15) is 10.5 Å². The van der Waals surface area contributed by atoms with E-state index in [1.807, 2.05) is 48.5 Å². The van der Waals surface area contributed by atoms with Crippen molar-refractivity contribution in [2.24, 2.45) is 0 Å². The summed E-state index contributed by atoms with van der Waals surface area (Å²) in [4.78, 5) is 12.9. The van der Waals surface area contributed by atoms with Gasteiger partial charge in [-0.2, -0.15) is 0 Å². The van der Waals surface area contributed by atoms with Crippen molar-refractivity contribution in [3.8, 4) is 0 Å². The Hall–Kier alpha value is -2.11. The minimum atomic E-state index is 0.215. The number of oxazole rings is 1. The molecule has 0 amide bonds. The van der Waals surface area contributed by atoms with Crippen molar-refractivity contribution >= 4 is 45.4 Å². The molecule has 0 atom stereocenters. The van der Waals surface area contributed by atoms with Crippen LogP contribution in [-0.2, 0) is 0 Å². The van der Waals surface area contributed by atoms with Gasteiger partial charge >= 0.3 is 0 Å². The molecule has 0 aliphatic rings. The van der Waals surface area contributed by atoms with Gasteiger partial charge in [0.2, 0.25) is 5.28 Å². The van der Waals surface area contributed by atoms with Gasteiger partial charge in [-0.3, -0.25) is 0 Å². The van der Waals surface area contributed by atoms with Crippen molar-refractivity contribution in [3.05, 3.63) is 53.8 Å². The molecular weight excluding hydrogens is 306 g/mol. The molecule has 0 spiro atoms. The summed E-state index contributed by atoms with van der Waals surface area (Å²) in [6, 6.07) is 15.4.